The number of halogens is 3. The van der Waals surface area contributed by atoms with Crippen molar-refractivity contribution in [2.24, 2.45) is 0 Å². The Bertz CT molecular complexity index is 1230. The summed E-state index contributed by atoms with van der Waals surface area (Å²) in [5.41, 5.74) is 1.76. The first-order chi connectivity index (χ1) is 16.0. The Morgan fingerprint density at radius 3 is 2.39 bits per heavy atom. The molecule has 33 heavy (non-hydrogen) atoms. The molecule has 0 bridgehead atoms. The number of anilines is 1. The van der Waals surface area contributed by atoms with Crippen molar-refractivity contribution in [2.75, 3.05) is 11.1 Å². The summed E-state index contributed by atoms with van der Waals surface area (Å²) >= 11 is 7.22. The van der Waals surface area contributed by atoms with Gasteiger partial charge < -0.3 is 5.32 Å². The predicted octanol–water partition coefficient (Wildman–Crippen LogP) is 6.18. The summed E-state index contributed by atoms with van der Waals surface area (Å²) in [6.45, 7) is 0. The number of nitrogens with one attached hydrogen (secondary N) is 1. The number of hydrogen-bond acceptors (Lipinski definition) is 4. The van der Waals surface area contributed by atoms with Crippen LogP contribution in [-0.2, 0) is 11.2 Å². The second-order valence-corrected chi connectivity index (χ2v) is 8.48. The first-order valence-electron chi connectivity index (χ1n) is 10.0. The molecule has 9 heteroatoms. The monoisotopic (exact) mass is 484 g/mol. The van der Waals surface area contributed by atoms with Gasteiger partial charge in [0.25, 0.3) is 6.43 Å². The molecule has 0 aliphatic rings. The number of carbonyl (C=O) groups excluding carboxylic acids is 1. The molecule has 1 heterocycles. The molecule has 0 fully saturated rings. The van der Waals surface area contributed by atoms with Crippen molar-refractivity contribution in [3.8, 4) is 5.69 Å². The Kier molecular flexibility index (Phi) is 7.36. The van der Waals surface area contributed by atoms with Crippen molar-refractivity contribution < 1.29 is 13.6 Å². The lowest BCUT2D eigenvalue weighted by atomic mass is 10.1. The maximum absolute atomic E-state index is 13.2. The lowest BCUT2D eigenvalue weighted by Crippen LogP contribution is -2.16. The maximum Gasteiger partial charge on any atom is 0.265 e. The van der Waals surface area contributed by atoms with Gasteiger partial charge in [-0.05, 0) is 35.9 Å². The number of hydrogen-bond donors (Lipinski definition) is 1. The molecule has 4 aromatic rings. The van der Waals surface area contributed by atoms with Crippen LogP contribution in [0, 0.1) is 0 Å². The van der Waals surface area contributed by atoms with Crippen molar-refractivity contribution in [1.82, 2.24) is 14.8 Å². The number of para-hydroxylation sites is 1. The van der Waals surface area contributed by atoms with Crippen LogP contribution in [0.25, 0.3) is 5.69 Å². The molecule has 0 spiro atoms. The lowest BCUT2D eigenvalue weighted by Gasteiger charge is -2.12. The molecule has 0 aliphatic carbocycles. The van der Waals surface area contributed by atoms with Crippen LogP contribution in [-0.4, -0.2) is 26.4 Å². The van der Waals surface area contributed by atoms with Gasteiger partial charge in [-0.15, -0.1) is 10.2 Å². The summed E-state index contributed by atoms with van der Waals surface area (Å²) in [4.78, 5) is 12.5. The third-order valence-electron chi connectivity index (χ3n) is 4.79. The molecule has 1 N–H and O–H groups in total. The molecule has 0 saturated carbocycles. The molecule has 0 unspecified atom stereocenters. The van der Waals surface area contributed by atoms with E-state index in [9.17, 15) is 13.6 Å². The second-order valence-electron chi connectivity index (χ2n) is 7.10. The number of benzene rings is 3. The first kappa shape index (κ1) is 22.9. The van der Waals surface area contributed by atoms with E-state index in [0.29, 0.717) is 22.4 Å². The molecule has 5 nitrogen and oxygen atoms in total. The van der Waals surface area contributed by atoms with Crippen LogP contribution in [0.3, 0.4) is 0 Å². The van der Waals surface area contributed by atoms with Gasteiger partial charge in [0, 0.05) is 28.4 Å². The van der Waals surface area contributed by atoms with Crippen molar-refractivity contribution in [1.29, 1.82) is 0 Å². The van der Waals surface area contributed by atoms with E-state index in [0.717, 1.165) is 11.3 Å². The quantitative estimate of drug-likeness (QED) is 0.303. The average Bonchev–Trinajstić information content (AvgIpc) is 3.21. The summed E-state index contributed by atoms with van der Waals surface area (Å²) in [5, 5.41) is 12.3. The van der Waals surface area contributed by atoms with Gasteiger partial charge in [-0.2, -0.15) is 0 Å². The van der Waals surface area contributed by atoms with Crippen molar-refractivity contribution in [3.05, 3.63) is 101 Å². The van der Waals surface area contributed by atoms with E-state index in [1.54, 1.807) is 18.2 Å². The van der Waals surface area contributed by atoms with Crippen molar-refractivity contribution in [2.45, 2.75) is 18.0 Å². The second kappa shape index (κ2) is 10.6. The Morgan fingerprint density at radius 1 is 0.970 bits per heavy atom. The third kappa shape index (κ3) is 5.77. The predicted molar refractivity (Wildman–Crippen MR) is 126 cm³/mol. The summed E-state index contributed by atoms with van der Waals surface area (Å²) in [5.74, 6) is 0.270. The van der Waals surface area contributed by atoms with Gasteiger partial charge in [0.1, 0.15) is 5.82 Å². The Hall–Kier alpha value is -3.23. The van der Waals surface area contributed by atoms with Gasteiger partial charge in [-0.3, -0.25) is 9.36 Å². The first-order valence-corrected chi connectivity index (χ1v) is 11.4. The summed E-state index contributed by atoms with van der Waals surface area (Å²) < 4.78 is 28.3. The molecule has 1 amide bonds. The smallest absolute Gasteiger partial charge is 0.265 e. The van der Waals surface area contributed by atoms with Gasteiger partial charge in [-0.1, -0.05) is 71.9 Å². The molecule has 0 aliphatic heterocycles. The molecule has 0 radical (unpaired) electrons. The zero-order valence-electron chi connectivity index (χ0n) is 17.3. The highest BCUT2D eigenvalue weighted by Crippen LogP contribution is 2.28. The van der Waals surface area contributed by atoms with E-state index in [4.69, 9.17) is 11.6 Å². The molecule has 3 aromatic carbocycles. The summed E-state index contributed by atoms with van der Waals surface area (Å²) in [7, 11) is 0. The Morgan fingerprint density at radius 2 is 1.67 bits per heavy atom. The number of amides is 1. The Balaban J connectivity index is 1.55. The lowest BCUT2D eigenvalue weighted by molar-refractivity contribution is -0.113. The molecule has 1 aromatic heterocycles. The van der Waals surface area contributed by atoms with E-state index in [1.807, 2.05) is 47.0 Å². The SMILES string of the molecule is O=C(CSc1nnc(Cc2ccccc2)n1-c1ccc(Cl)cc1)Nc1ccccc1C(F)F. The van der Waals surface area contributed by atoms with Crippen molar-refractivity contribution in [3.63, 3.8) is 0 Å². The molecular formula is C24H19ClF2N4OS. The number of nitrogens with zero attached hydrogens (tertiary/aromatic N) is 3. The minimum absolute atomic E-state index is 0.0192. The van der Waals surface area contributed by atoms with Crippen LogP contribution in [0.2, 0.25) is 5.02 Å². The fraction of sp³-hybridized carbons (Fsp3) is 0.125. The number of aromatic nitrogens is 3. The number of alkyl halides is 2. The van der Waals surface area contributed by atoms with Crippen LogP contribution in [0.1, 0.15) is 23.4 Å². The van der Waals surface area contributed by atoms with Gasteiger partial charge >= 0.3 is 0 Å². The van der Waals surface area contributed by atoms with Crippen LogP contribution >= 0.6 is 23.4 Å². The van der Waals surface area contributed by atoms with E-state index in [1.165, 1.54) is 30.0 Å². The van der Waals surface area contributed by atoms with Crippen LogP contribution in [0.4, 0.5) is 14.5 Å². The van der Waals surface area contributed by atoms with Crippen LogP contribution < -0.4 is 5.32 Å². The van der Waals surface area contributed by atoms with E-state index < -0.39 is 12.3 Å². The largest absolute Gasteiger partial charge is 0.325 e. The van der Waals surface area contributed by atoms with Crippen LogP contribution in [0.15, 0.2) is 84.0 Å². The van der Waals surface area contributed by atoms with Gasteiger partial charge in [0.15, 0.2) is 5.16 Å². The van der Waals surface area contributed by atoms with E-state index >= 15 is 0 Å². The van der Waals surface area contributed by atoms with E-state index in [-0.39, 0.29) is 17.0 Å². The van der Waals surface area contributed by atoms with Gasteiger partial charge in [0.05, 0.1) is 5.75 Å². The minimum Gasteiger partial charge on any atom is -0.325 e. The van der Waals surface area contributed by atoms with Gasteiger partial charge in [0.2, 0.25) is 5.91 Å². The highest BCUT2D eigenvalue weighted by atomic mass is 35.5. The minimum atomic E-state index is -2.68. The summed E-state index contributed by atoms with van der Waals surface area (Å²) in [6, 6.07) is 23.0. The standard InChI is InChI=1S/C24H19ClF2N4OS/c25-17-10-12-18(13-11-17)31-21(14-16-6-2-1-3-7-16)29-30-24(31)33-15-22(32)28-20-9-5-4-8-19(20)23(26)27/h1-13,23H,14-15H2,(H,28,32). The molecular weight excluding hydrogens is 466 g/mol. The number of rotatable bonds is 8. The third-order valence-corrected chi connectivity index (χ3v) is 5.97. The number of carbonyl (C=O) groups is 1. The number of thioether (sulfide) groups is 1. The molecule has 0 saturated heterocycles. The topological polar surface area (TPSA) is 59.8 Å². The Labute approximate surface area is 198 Å². The molecule has 4 rings (SSSR count). The fourth-order valence-electron chi connectivity index (χ4n) is 3.25. The summed E-state index contributed by atoms with van der Waals surface area (Å²) in [6.07, 6.45) is -2.13. The highest BCUT2D eigenvalue weighted by Gasteiger charge is 2.18. The van der Waals surface area contributed by atoms with Gasteiger partial charge in [-0.25, -0.2) is 8.78 Å². The highest BCUT2D eigenvalue weighted by molar-refractivity contribution is 7.99. The normalized spacial score (nSPS) is 11.0. The van der Waals surface area contributed by atoms with E-state index in [2.05, 4.69) is 15.5 Å². The molecule has 0 atom stereocenters. The fourth-order valence-corrected chi connectivity index (χ4v) is 4.15. The molecule has 168 valence electrons. The zero-order chi connectivity index (χ0) is 23.2. The zero-order valence-corrected chi connectivity index (χ0v) is 18.9. The maximum atomic E-state index is 13.2. The van der Waals surface area contributed by atoms with Crippen LogP contribution in [0.5, 0.6) is 0 Å². The average molecular weight is 485 g/mol. The van der Waals surface area contributed by atoms with Crippen molar-refractivity contribution >= 4 is 35.0 Å².